The zero-order chi connectivity index (χ0) is 26.6. The molecule has 2 heterocycles. The maximum atomic E-state index is 6.41. The van der Waals surface area contributed by atoms with E-state index in [2.05, 4.69) is 94.9 Å². The molecule has 0 aliphatic carbocycles. The average Bonchev–Trinajstić information content (AvgIpc) is 3.36. The molecule has 40 heavy (non-hydrogen) atoms. The molecule has 188 valence electrons. The maximum absolute atomic E-state index is 6.41. The van der Waals surface area contributed by atoms with Crippen LogP contribution in [0.4, 0.5) is 0 Å². The Morgan fingerprint density at radius 2 is 1.00 bits per heavy atom. The van der Waals surface area contributed by atoms with Crippen molar-refractivity contribution in [2.45, 2.75) is 0 Å². The van der Waals surface area contributed by atoms with Gasteiger partial charge in [-0.25, -0.2) is 4.98 Å². The summed E-state index contributed by atoms with van der Waals surface area (Å²) in [6.07, 6.45) is 0. The van der Waals surface area contributed by atoms with E-state index >= 15 is 0 Å². The van der Waals surface area contributed by atoms with Crippen molar-refractivity contribution in [3.63, 3.8) is 0 Å². The lowest BCUT2D eigenvalue weighted by Crippen LogP contribution is -1.97. The van der Waals surface area contributed by atoms with Gasteiger partial charge in [0.25, 0.3) is 0 Å². The summed E-state index contributed by atoms with van der Waals surface area (Å²) in [4.78, 5) is 13.7. The number of benzene rings is 6. The molecule has 0 bridgehead atoms. The number of hydrogen-bond donors (Lipinski definition) is 0. The Bertz CT molecular complexity index is 2240. The molecule has 0 N–H and O–H groups in total. The molecule has 8 rings (SSSR count). The third-order valence-corrected chi connectivity index (χ3v) is 7.60. The van der Waals surface area contributed by atoms with E-state index in [1.54, 1.807) is 0 Å². The van der Waals surface area contributed by atoms with Crippen molar-refractivity contribution < 1.29 is 4.42 Å². The molecule has 6 aromatic carbocycles. The zero-order valence-corrected chi connectivity index (χ0v) is 21.9. The fourth-order valence-corrected chi connectivity index (χ4v) is 5.55. The van der Waals surface area contributed by atoms with E-state index in [1.807, 2.05) is 36.4 Å². The quantitative estimate of drug-likeness (QED) is 0.227. The second-order valence-electron chi connectivity index (χ2n) is 9.90. The molecule has 0 fully saturated rings. The van der Waals surface area contributed by atoms with Crippen molar-refractivity contribution >= 4 is 55.1 Å². The minimum Gasteiger partial charge on any atom is -0.456 e. The summed E-state index contributed by atoms with van der Waals surface area (Å²) >= 11 is 6.41. The summed E-state index contributed by atoms with van der Waals surface area (Å²) in [7, 11) is 0. The van der Waals surface area contributed by atoms with E-state index in [4.69, 9.17) is 21.0 Å². The van der Waals surface area contributed by atoms with E-state index in [0.29, 0.717) is 11.6 Å². The lowest BCUT2D eigenvalue weighted by atomic mass is 10.0. The Morgan fingerprint density at radius 1 is 0.425 bits per heavy atom. The van der Waals surface area contributed by atoms with Crippen LogP contribution in [0.25, 0.3) is 77.4 Å². The smallest absolute Gasteiger partial charge is 0.226 e. The molecule has 8 aromatic rings. The van der Waals surface area contributed by atoms with Crippen LogP contribution in [0.3, 0.4) is 0 Å². The maximum Gasteiger partial charge on any atom is 0.226 e. The van der Waals surface area contributed by atoms with Crippen LogP contribution in [0.1, 0.15) is 0 Å². The second-order valence-corrected chi connectivity index (χ2v) is 10.2. The van der Waals surface area contributed by atoms with Gasteiger partial charge >= 0.3 is 0 Å². The molecule has 0 atom stereocenters. The van der Waals surface area contributed by atoms with Crippen molar-refractivity contribution in [1.82, 2.24) is 15.0 Å². The Balaban J connectivity index is 1.18. The first-order valence-electron chi connectivity index (χ1n) is 13.0. The Morgan fingerprint density at radius 3 is 1.77 bits per heavy atom. The van der Waals surface area contributed by atoms with E-state index in [0.717, 1.165) is 49.6 Å². The molecule has 0 spiro atoms. The van der Waals surface area contributed by atoms with Crippen molar-refractivity contribution in [3.05, 3.63) is 127 Å². The normalized spacial score (nSPS) is 11.6. The fraction of sp³-hybridized carbons (Fsp3) is 0. The highest BCUT2D eigenvalue weighted by atomic mass is 35.5. The molecule has 5 heteroatoms. The first-order valence-corrected chi connectivity index (χ1v) is 13.4. The predicted octanol–water partition coefficient (Wildman–Crippen LogP) is 9.73. The molecule has 0 radical (unpaired) electrons. The third-order valence-electron chi connectivity index (χ3n) is 7.43. The lowest BCUT2D eigenvalue weighted by molar-refractivity contribution is 0.669. The minimum absolute atomic E-state index is 0.154. The topological polar surface area (TPSA) is 51.8 Å². The number of hydrogen-bond acceptors (Lipinski definition) is 4. The van der Waals surface area contributed by atoms with Crippen LogP contribution in [0.5, 0.6) is 0 Å². The molecule has 0 saturated carbocycles. The van der Waals surface area contributed by atoms with Gasteiger partial charge in [0.05, 0.1) is 0 Å². The number of furan rings is 1. The van der Waals surface area contributed by atoms with Crippen LogP contribution >= 0.6 is 11.6 Å². The van der Waals surface area contributed by atoms with Gasteiger partial charge < -0.3 is 4.42 Å². The van der Waals surface area contributed by atoms with Crippen LogP contribution in [0, 0.1) is 0 Å². The molecule has 0 amide bonds. The molecule has 0 saturated heterocycles. The standard InChI is InChI=1S/C35H20ClN3O/c36-35-38-33(23-12-9-22(10-13-23)27-14-11-21-5-1-2-6-24(21)17-27)37-34(39-35)28-15-16-31-29(19-28)30-18-25-7-3-4-8-26(25)20-32(30)40-31/h1-20H. The largest absolute Gasteiger partial charge is 0.456 e. The predicted molar refractivity (Wildman–Crippen MR) is 163 cm³/mol. The van der Waals surface area contributed by atoms with Gasteiger partial charge in [-0.1, -0.05) is 84.9 Å². The first kappa shape index (κ1) is 22.9. The minimum atomic E-state index is 0.154. The van der Waals surface area contributed by atoms with Gasteiger partial charge in [0, 0.05) is 21.9 Å². The van der Waals surface area contributed by atoms with Gasteiger partial charge in [-0.05, 0) is 80.7 Å². The Labute approximate surface area is 234 Å². The highest BCUT2D eigenvalue weighted by Gasteiger charge is 2.14. The molecule has 0 aliphatic rings. The Hall–Kier alpha value is -5.06. The third kappa shape index (κ3) is 3.89. The van der Waals surface area contributed by atoms with Crippen LogP contribution in [0.2, 0.25) is 5.28 Å². The van der Waals surface area contributed by atoms with Crippen LogP contribution in [-0.2, 0) is 0 Å². The van der Waals surface area contributed by atoms with E-state index in [1.165, 1.54) is 16.2 Å². The van der Waals surface area contributed by atoms with Gasteiger partial charge in [-0.2, -0.15) is 9.97 Å². The number of aromatic nitrogens is 3. The summed E-state index contributed by atoms with van der Waals surface area (Å²) in [6, 6.07) is 41.6. The highest BCUT2D eigenvalue weighted by Crippen LogP contribution is 2.35. The molecule has 0 unspecified atom stereocenters. The van der Waals surface area contributed by atoms with Gasteiger partial charge in [-0.3, -0.25) is 0 Å². The first-order chi connectivity index (χ1) is 19.7. The second kappa shape index (κ2) is 9.01. The lowest BCUT2D eigenvalue weighted by Gasteiger charge is -2.07. The number of nitrogens with zero attached hydrogens (tertiary/aromatic N) is 3. The molecule has 0 aliphatic heterocycles. The molecular weight excluding hydrogens is 514 g/mol. The summed E-state index contributed by atoms with van der Waals surface area (Å²) in [5.74, 6) is 1.05. The van der Waals surface area contributed by atoms with Gasteiger partial charge in [-0.15, -0.1) is 0 Å². The molecular formula is C35H20ClN3O. The van der Waals surface area contributed by atoms with Gasteiger partial charge in [0.15, 0.2) is 11.6 Å². The summed E-state index contributed by atoms with van der Waals surface area (Å²) in [5, 5.41) is 6.98. The number of halogens is 1. The zero-order valence-electron chi connectivity index (χ0n) is 21.2. The van der Waals surface area contributed by atoms with E-state index in [9.17, 15) is 0 Å². The molecule has 4 nitrogen and oxygen atoms in total. The summed E-state index contributed by atoms with van der Waals surface area (Å²) in [5.41, 5.74) is 5.68. The van der Waals surface area contributed by atoms with E-state index < -0.39 is 0 Å². The average molecular weight is 534 g/mol. The fourth-order valence-electron chi connectivity index (χ4n) is 5.39. The van der Waals surface area contributed by atoms with Crippen molar-refractivity contribution in [3.8, 4) is 33.9 Å². The van der Waals surface area contributed by atoms with Crippen LogP contribution < -0.4 is 0 Å². The number of rotatable bonds is 3. The summed E-state index contributed by atoms with van der Waals surface area (Å²) < 4.78 is 6.16. The monoisotopic (exact) mass is 533 g/mol. The SMILES string of the molecule is Clc1nc(-c2ccc(-c3ccc4ccccc4c3)cc2)nc(-c2ccc3oc4cc5ccccc5cc4c3c2)n1. The highest BCUT2D eigenvalue weighted by molar-refractivity contribution is 6.28. The van der Waals surface area contributed by atoms with Gasteiger partial charge in [0.2, 0.25) is 5.28 Å². The van der Waals surface area contributed by atoms with Crippen molar-refractivity contribution in [2.75, 3.05) is 0 Å². The van der Waals surface area contributed by atoms with Crippen LogP contribution in [0.15, 0.2) is 126 Å². The van der Waals surface area contributed by atoms with Crippen molar-refractivity contribution in [1.29, 1.82) is 0 Å². The van der Waals surface area contributed by atoms with Gasteiger partial charge in [0.1, 0.15) is 11.2 Å². The number of fused-ring (bicyclic) bond motifs is 5. The Kier molecular flexibility index (Phi) is 5.15. The van der Waals surface area contributed by atoms with Crippen molar-refractivity contribution in [2.24, 2.45) is 0 Å². The van der Waals surface area contributed by atoms with Crippen LogP contribution in [-0.4, -0.2) is 15.0 Å². The summed E-state index contributed by atoms with van der Waals surface area (Å²) in [6.45, 7) is 0. The van der Waals surface area contributed by atoms with E-state index in [-0.39, 0.29) is 5.28 Å². The molecule has 2 aromatic heterocycles.